The van der Waals surface area contributed by atoms with Gasteiger partial charge in [0.15, 0.2) is 17.4 Å². The van der Waals surface area contributed by atoms with Crippen LogP contribution in [0.1, 0.15) is 18.4 Å². The molecule has 0 spiro atoms. The lowest BCUT2D eigenvalue weighted by Crippen LogP contribution is -2.06. The van der Waals surface area contributed by atoms with Crippen LogP contribution in [-0.2, 0) is 6.42 Å². The number of nitrogens with two attached hydrogens (primary N) is 1. The summed E-state index contributed by atoms with van der Waals surface area (Å²) in [5, 5.41) is 0. The first-order chi connectivity index (χ1) is 8.19. The van der Waals surface area contributed by atoms with Crippen molar-refractivity contribution in [2.45, 2.75) is 19.3 Å². The summed E-state index contributed by atoms with van der Waals surface area (Å²) in [5.74, 6) is 0.683. The number of benzene rings is 1. The zero-order valence-corrected chi connectivity index (χ0v) is 9.51. The Morgan fingerprint density at radius 1 is 1.29 bits per heavy atom. The Morgan fingerprint density at radius 2 is 1.94 bits per heavy atom. The van der Waals surface area contributed by atoms with E-state index in [0.717, 1.165) is 0 Å². The molecule has 1 aromatic rings. The molecule has 0 aliphatic carbocycles. The molecule has 0 amide bonds. The summed E-state index contributed by atoms with van der Waals surface area (Å²) in [4.78, 5) is 0. The fraction of sp³-hybridized carbons (Fsp3) is 0.385. The standard InChI is InChI=1S/C13H15F2NO/c1-2-3-4-7-17-13-11(14)8-10(5-6-16)9-12(13)15/h1,8-9H,3-7,16H2. The van der Waals surface area contributed by atoms with E-state index in [4.69, 9.17) is 16.9 Å². The minimum absolute atomic E-state index is 0.203. The first-order valence-electron chi connectivity index (χ1n) is 5.43. The Morgan fingerprint density at radius 3 is 2.47 bits per heavy atom. The summed E-state index contributed by atoms with van der Waals surface area (Å²) < 4.78 is 32.0. The van der Waals surface area contributed by atoms with Crippen LogP contribution in [0.25, 0.3) is 0 Å². The molecular weight excluding hydrogens is 224 g/mol. The molecule has 0 saturated carbocycles. The van der Waals surface area contributed by atoms with Crippen molar-refractivity contribution in [2.75, 3.05) is 13.2 Å². The van der Waals surface area contributed by atoms with E-state index in [9.17, 15) is 8.78 Å². The van der Waals surface area contributed by atoms with Gasteiger partial charge in [-0.15, -0.1) is 12.3 Å². The smallest absolute Gasteiger partial charge is 0.190 e. The molecule has 2 nitrogen and oxygen atoms in total. The molecule has 0 fully saturated rings. The number of halogens is 2. The monoisotopic (exact) mass is 239 g/mol. The summed E-state index contributed by atoms with van der Waals surface area (Å²) in [6, 6.07) is 2.49. The van der Waals surface area contributed by atoms with Crippen LogP contribution in [0.15, 0.2) is 12.1 Å². The van der Waals surface area contributed by atoms with Gasteiger partial charge in [-0.25, -0.2) is 8.78 Å². The first-order valence-corrected chi connectivity index (χ1v) is 5.43. The number of rotatable bonds is 6. The van der Waals surface area contributed by atoms with Crippen molar-refractivity contribution in [3.63, 3.8) is 0 Å². The highest BCUT2D eigenvalue weighted by atomic mass is 19.1. The largest absolute Gasteiger partial charge is 0.488 e. The van der Waals surface area contributed by atoms with Crippen LogP contribution >= 0.6 is 0 Å². The predicted octanol–water partition coefficient (Wildman–Crippen LogP) is 2.26. The van der Waals surface area contributed by atoms with Crippen molar-refractivity contribution in [3.8, 4) is 18.1 Å². The number of terminal acetylenes is 1. The van der Waals surface area contributed by atoms with E-state index in [1.54, 1.807) is 0 Å². The molecule has 0 aliphatic heterocycles. The molecule has 1 rings (SSSR count). The molecule has 17 heavy (non-hydrogen) atoms. The second-order valence-electron chi connectivity index (χ2n) is 3.58. The van der Waals surface area contributed by atoms with Crippen molar-refractivity contribution < 1.29 is 13.5 Å². The molecule has 92 valence electrons. The van der Waals surface area contributed by atoms with Crippen molar-refractivity contribution in [3.05, 3.63) is 29.3 Å². The van der Waals surface area contributed by atoms with Gasteiger partial charge >= 0.3 is 0 Å². The fourth-order valence-electron chi connectivity index (χ4n) is 1.41. The van der Waals surface area contributed by atoms with E-state index in [1.807, 2.05) is 0 Å². The highest BCUT2D eigenvalue weighted by Crippen LogP contribution is 2.23. The van der Waals surface area contributed by atoms with Gasteiger partial charge in [-0.2, -0.15) is 0 Å². The minimum atomic E-state index is -0.700. The van der Waals surface area contributed by atoms with E-state index >= 15 is 0 Å². The fourth-order valence-corrected chi connectivity index (χ4v) is 1.41. The summed E-state index contributed by atoms with van der Waals surface area (Å²) >= 11 is 0. The highest BCUT2D eigenvalue weighted by molar-refractivity contribution is 5.31. The molecule has 4 heteroatoms. The normalized spacial score (nSPS) is 10.0. The lowest BCUT2D eigenvalue weighted by atomic mass is 10.1. The van der Waals surface area contributed by atoms with Crippen molar-refractivity contribution in [2.24, 2.45) is 5.73 Å². The lowest BCUT2D eigenvalue weighted by molar-refractivity contribution is 0.281. The molecule has 0 bridgehead atoms. The zero-order valence-electron chi connectivity index (χ0n) is 9.51. The van der Waals surface area contributed by atoms with Gasteiger partial charge in [-0.1, -0.05) is 0 Å². The topological polar surface area (TPSA) is 35.2 Å². The maximum Gasteiger partial charge on any atom is 0.190 e. The van der Waals surface area contributed by atoms with Crippen molar-refractivity contribution in [1.82, 2.24) is 0 Å². The van der Waals surface area contributed by atoms with Gasteiger partial charge in [-0.3, -0.25) is 0 Å². The molecule has 0 aliphatic rings. The first kappa shape index (κ1) is 13.5. The van der Waals surface area contributed by atoms with Gasteiger partial charge in [0.25, 0.3) is 0 Å². The van der Waals surface area contributed by atoms with E-state index < -0.39 is 11.6 Å². The number of hydrogen-bond acceptors (Lipinski definition) is 2. The van der Waals surface area contributed by atoms with Gasteiger partial charge in [-0.05, 0) is 37.1 Å². The van der Waals surface area contributed by atoms with Gasteiger partial charge in [0, 0.05) is 6.42 Å². The lowest BCUT2D eigenvalue weighted by Gasteiger charge is -2.09. The van der Waals surface area contributed by atoms with Crippen LogP contribution in [0.4, 0.5) is 8.78 Å². The summed E-state index contributed by atoms with van der Waals surface area (Å²) in [5.41, 5.74) is 5.84. The van der Waals surface area contributed by atoms with Crippen LogP contribution in [0.5, 0.6) is 5.75 Å². The van der Waals surface area contributed by atoms with Crippen LogP contribution in [0.3, 0.4) is 0 Å². The van der Waals surface area contributed by atoms with E-state index in [1.165, 1.54) is 12.1 Å². The van der Waals surface area contributed by atoms with E-state index in [0.29, 0.717) is 31.4 Å². The average Bonchev–Trinajstić information content (AvgIpc) is 2.27. The van der Waals surface area contributed by atoms with Crippen LogP contribution in [0, 0.1) is 24.0 Å². The third-order valence-corrected chi connectivity index (χ3v) is 2.20. The van der Waals surface area contributed by atoms with Crippen molar-refractivity contribution >= 4 is 0 Å². The number of unbranched alkanes of at least 4 members (excludes halogenated alkanes) is 1. The Labute approximate surface area is 99.8 Å². The van der Waals surface area contributed by atoms with Gasteiger partial charge in [0.05, 0.1) is 6.61 Å². The predicted molar refractivity (Wildman–Crippen MR) is 62.7 cm³/mol. The third kappa shape index (κ3) is 4.04. The molecule has 1 aromatic carbocycles. The van der Waals surface area contributed by atoms with Gasteiger partial charge < -0.3 is 10.5 Å². The zero-order chi connectivity index (χ0) is 12.7. The van der Waals surface area contributed by atoms with Crippen LogP contribution in [-0.4, -0.2) is 13.2 Å². The minimum Gasteiger partial charge on any atom is -0.488 e. The number of hydrogen-bond donors (Lipinski definition) is 1. The highest BCUT2D eigenvalue weighted by Gasteiger charge is 2.12. The molecule has 0 radical (unpaired) electrons. The average molecular weight is 239 g/mol. The molecule has 0 aromatic heterocycles. The Balaban J connectivity index is 2.69. The molecule has 0 saturated heterocycles. The summed E-state index contributed by atoms with van der Waals surface area (Å²) in [7, 11) is 0. The number of ether oxygens (including phenoxy) is 1. The molecule has 0 unspecified atom stereocenters. The van der Waals surface area contributed by atoms with Gasteiger partial charge in [0.2, 0.25) is 0 Å². The van der Waals surface area contributed by atoms with E-state index in [-0.39, 0.29) is 12.4 Å². The Kier molecular flexibility index (Phi) is 5.44. The summed E-state index contributed by atoms with van der Waals surface area (Å²) in [6.45, 7) is 0.551. The maximum absolute atomic E-state index is 13.5. The molecule has 0 heterocycles. The SMILES string of the molecule is C#CCCCOc1c(F)cc(CCN)cc1F. The van der Waals surface area contributed by atoms with Gasteiger partial charge in [0.1, 0.15) is 0 Å². The third-order valence-electron chi connectivity index (χ3n) is 2.20. The van der Waals surface area contributed by atoms with E-state index in [2.05, 4.69) is 5.92 Å². The van der Waals surface area contributed by atoms with Crippen LogP contribution in [0.2, 0.25) is 0 Å². The van der Waals surface area contributed by atoms with Crippen LogP contribution < -0.4 is 10.5 Å². The maximum atomic E-state index is 13.5. The Hall–Kier alpha value is -1.60. The molecule has 0 atom stereocenters. The second-order valence-corrected chi connectivity index (χ2v) is 3.58. The quantitative estimate of drug-likeness (QED) is 0.610. The molecular formula is C13H15F2NO. The summed E-state index contributed by atoms with van der Waals surface area (Å²) in [6.07, 6.45) is 6.58. The second kappa shape index (κ2) is 6.87. The molecule has 2 N–H and O–H groups in total. The Bertz CT molecular complexity index is 389. The van der Waals surface area contributed by atoms with Crippen molar-refractivity contribution in [1.29, 1.82) is 0 Å².